The molecular weight excluding hydrogens is 289 g/mol. The fourth-order valence-electron chi connectivity index (χ4n) is 1.32. The zero-order chi connectivity index (χ0) is 12.7. The molecule has 1 rings (SSSR count). The first-order chi connectivity index (χ1) is 8.17. The van der Waals surface area contributed by atoms with Crippen LogP contribution >= 0.6 is 15.9 Å². The minimum Gasteiger partial charge on any atom is -0.322 e. The highest BCUT2D eigenvalue weighted by Crippen LogP contribution is 2.11. The van der Waals surface area contributed by atoms with Crippen LogP contribution < -0.4 is 5.32 Å². The second kappa shape index (κ2) is 7.42. The standard InChI is InChI=1S/C11H17BrFN3O/c1-2-10(12)11(17)15-9-7-14-16(8-9)6-4-3-5-13/h7-8,10H,2-6H2,1H3,(H,15,17)/t10-/m1/s1. The van der Waals surface area contributed by atoms with E-state index in [9.17, 15) is 9.18 Å². The lowest BCUT2D eigenvalue weighted by atomic mass is 10.3. The van der Waals surface area contributed by atoms with Crippen molar-refractivity contribution < 1.29 is 9.18 Å². The minimum absolute atomic E-state index is 0.0733. The Morgan fingerprint density at radius 2 is 2.41 bits per heavy atom. The van der Waals surface area contributed by atoms with Crippen LogP contribution in [0.15, 0.2) is 12.4 Å². The molecule has 0 saturated carbocycles. The number of carbonyl (C=O) groups is 1. The maximum atomic E-state index is 11.9. The lowest BCUT2D eigenvalue weighted by Crippen LogP contribution is -2.21. The summed E-state index contributed by atoms with van der Waals surface area (Å²) in [6.45, 7) is 2.30. The Kier molecular flexibility index (Phi) is 6.18. The van der Waals surface area contributed by atoms with Crippen molar-refractivity contribution in [2.45, 2.75) is 37.6 Å². The van der Waals surface area contributed by atoms with Gasteiger partial charge in [-0.05, 0) is 19.3 Å². The molecule has 4 nitrogen and oxygen atoms in total. The van der Waals surface area contributed by atoms with Gasteiger partial charge in [0.25, 0.3) is 0 Å². The van der Waals surface area contributed by atoms with E-state index >= 15 is 0 Å². The highest BCUT2D eigenvalue weighted by molar-refractivity contribution is 9.10. The van der Waals surface area contributed by atoms with E-state index in [1.165, 1.54) is 0 Å². The maximum absolute atomic E-state index is 11.9. The third-order valence-corrected chi connectivity index (χ3v) is 3.38. The SMILES string of the molecule is CC[C@@H](Br)C(=O)Nc1cnn(CCCCF)c1. The summed E-state index contributed by atoms with van der Waals surface area (Å²) < 4.78 is 13.6. The number of amides is 1. The number of rotatable bonds is 7. The quantitative estimate of drug-likeness (QED) is 0.622. The molecule has 0 aliphatic heterocycles. The third-order valence-electron chi connectivity index (χ3n) is 2.31. The van der Waals surface area contributed by atoms with Crippen LogP contribution in [0.4, 0.5) is 10.1 Å². The molecule has 0 radical (unpaired) electrons. The van der Waals surface area contributed by atoms with Gasteiger partial charge in [0, 0.05) is 12.7 Å². The molecule has 1 N–H and O–H groups in total. The van der Waals surface area contributed by atoms with Crippen molar-refractivity contribution in [3.8, 4) is 0 Å². The highest BCUT2D eigenvalue weighted by Gasteiger charge is 2.12. The maximum Gasteiger partial charge on any atom is 0.238 e. The number of hydrogen-bond donors (Lipinski definition) is 1. The molecule has 0 fully saturated rings. The van der Waals surface area contributed by atoms with Crippen LogP contribution in [0.3, 0.4) is 0 Å². The summed E-state index contributed by atoms with van der Waals surface area (Å²) in [4.78, 5) is 11.4. The normalized spacial score (nSPS) is 12.4. The van der Waals surface area contributed by atoms with Crippen LogP contribution in [0.5, 0.6) is 0 Å². The van der Waals surface area contributed by atoms with Crippen LogP contribution in [-0.2, 0) is 11.3 Å². The number of alkyl halides is 2. The van der Waals surface area contributed by atoms with E-state index in [-0.39, 0.29) is 17.4 Å². The Labute approximate surface area is 109 Å². The largest absolute Gasteiger partial charge is 0.322 e. The summed E-state index contributed by atoms with van der Waals surface area (Å²) in [6.07, 6.45) is 5.38. The number of hydrogen-bond acceptors (Lipinski definition) is 2. The van der Waals surface area contributed by atoms with Gasteiger partial charge in [-0.1, -0.05) is 22.9 Å². The Balaban J connectivity index is 2.42. The number of carbonyl (C=O) groups excluding carboxylic acids is 1. The van der Waals surface area contributed by atoms with Gasteiger partial charge in [0.1, 0.15) is 0 Å². The molecule has 1 aromatic rings. The number of aromatic nitrogens is 2. The van der Waals surface area contributed by atoms with Crippen molar-refractivity contribution in [2.24, 2.45) is 0 Å². The Morgan fingerprint density at radius 3 is 3.06 bits per heavy atom. The van der Waals surface area contributed by atoms with Crippen molar-refractivity contribution in [1.82, 2.24) is 9.78 Å². The fourth-order valence-corrected chi connectivity index (χ4v) is 1.44. The lowest BCUT2D eigenvalue weighted by molar-refractivity contribution is -0.115. The van der Waals surface area contributed by atoms with Gasteiger partial charge >= 0.3 is 0 Å². The van der Waals surface area contributed by atoms with Crippen LogP contribution in [0.1, 0.15) is 26.2 Å². The number of nitrogens with zero attached hydrogens (tertiary/aromatic N) is 2. The fraction of sp³-hybridized carbons (Fsp3) is 0.636. The smallest absolute Gasteiger partial charge is 0.238 e. The molecular formula is C11H17BrFN3O. The number of aryl methyl sites for hydroxylation is 1. The van der Waals surface area contributed by atoms with Crippen molar-refractivity contribution in [3.63, 3.8) is 0 Å². The van der Waals surface area contributed by atoms with Crippen LogP contribution in [0, 0.1) is 0 Å². The first kappa shape index (κ1) is 14.2. The van der Waals surface area contributed by atoms with E-state index in [0.29, 0.717) is 18.7 Å². The van der Waals surface area contributed by atoms with Gasteiger partial charge in [0.15, 0.2) is 0 Å². The van der Waals surface area contributed by atoms with E-state index in [1.54, 1.807) is 17.1 Å². The summed E-state index contributed by atoms with van der Waals surface area (Å²) >= 11 is 3.28. The molecule has 0 aliphatic carbocycles. The van der Waals surface area contributed by atoms with Crippen LogP contribution in [0.2, 0.25) is 0 Å². The van der Waals surface area contributed by atoms with Crippen LogP contribution in [0.25, 0.3) is 0 Å². The molecule has 1 amide bonds. The molecule has 0 spiro atoms. The molecule has 0 bridgehead atoms. The van der Waals surface area contributed by atoms with Crippen LogP contribution in [-0.4, -0.2) is 27.2 Å². The predicted octanol–water partition coefficient (Wildman–Crippen LogP) is 2.74. The minimum atomic E-state index is -0.299. The Hall–Kier alpha value is -0.910. The molecule has 1 atom stereocenters. The van der Waals surface area contributed by atoms with Crippen molar-refractivity contribution in [3.05, 3.63) is 12.4 Å². The summed E-state index contributed by atoms with van der Waals surface area (Å²) in [5.41, 5.74) is 0.674. The topological polar surface area (TPSA) is 46.9 Å². The molecule has 0 saturated heterocycles. The zero-order valence-corrected chi connectivity index (χ0v) is 11.4. The molecule has 6 heteroatoms. The van der Waals surface area contributed by atoms with E-state index in [0.717, 1.165) is 12.8 Å². The highest BCUT2D eigenvalue weighted by atomic mass is 79.9. The summed E-state index contributed by atoms with van der Waals surface area (Å²) in [5, 5.41) is 6.85. The molecule has 0 aliphatic rings. The van der Waals surface area contributed by atoms with Gasteiger partial charge in [-0.3, -0.25) is 13.9 Å². The van der Waals surface area contributed by atoms with Crippen molar-refractivity contribution in [1.29, 1.82) is 0 Å². The summed E-state index contributed by atoms with van der Waals surface area (Å²) in [6, 6.07) is 0. The number of nitrogens with one attached hydrogen (secondary N) is 1. The van der Waals surface area contributed by atoms with E-state index < -0.39 is 0 Å². The monoisotopic (exact) mass is 305 g/mol. The number of anilines is 1. The van der Waals surface area contributed by atoms with E-state index in [1.807, 2.05) is 6.92 Å². The summed E-state index contributed by atoms with van der Waals surface area (Å²) in [5.74, 6) is -0.0733. The van der Waals surface area contributed by atoms with Gasteiger partial charge in [0.2, 0.25) is 5.91 Å². The molecule has 0 aromatic carbocycles. The second-order valence-electron chi connectivity index (χ2n) is 3.75. The van der Waals surface area contributed by atoms with Gasteiger partial charge < -0.3 is 5.32 Å². The van der Waals surface area contributed by atoms with Gasteiger partial charge in [-0.15, -0.1) is 0 Å². The molecule has 1 aromatic heterocycles. The average molecular weight is 306 g/mol. The van der Waals surface area contributed by atoms with Gasteiger partial charge in [-0.25, -0.2) is 0 Å². The molecule has 0 unspecified atom stereocenters. The van der Waals surface area contributed by atoms with E-state index in [2.05, 4.69) is 26.3 Å². The van der Waals surface area contributed by atoms with Crippen molar-refractivity contribution >= 4 is 27.5 Å². The Morgan fingerprint density at radius 1 is 1.65 bits per heavy atom. The third kappa shape index (κ3) is 4.85. The lowest BCUT2D eigenvalue weighted by Gasteiger charge is -2.06. The summed E-state index contributed by atoms with van der Waals surface area (Å²) in [7, 11) is 0. The number of unbranched alkanes of at least 4 members (excludes halogenated alkanes) is 1. The zero-order valence-electron chi connectivity index (χ0n) is 9.83. The molecule has 17 heavy (non-hydrogen) atoms. The van der Waals surface area contributed by atoms with Gasteiger partial charge in [-0.2, -0.15) is 5.10 Å². The molecule has 1 heterocycles. The van der Waals surface area contributed by atoms with Gasteiger partial charge in [0.05, 0.1) is 23.4 Å². The number of halogens is 2. The van der Waals surface area contributed by atoms with E-state index in [4.69, 9.17) is 0 Å². The van der Waals surface area contributed by atoms with Crippen molar-refractivity contribution in [2.75, 3.05) is 12.0 Å². The average Bonchev–Trinajstić information content (AvgIpc) is 2.76. The Bertz CT molecular complexity index is 356. The molecule has 96 valence electrons. The second-order valence-corrected chi connectivity index (χ2v) is 4.86. The predicted molar refractivity (Wildman–Crippen MR) is 69.1 cm³/mol. The first-order valence-corrected chi connectivity index (χ1v) is 6.62. The first-order valence-electron chi connectivity index (χ1n) is 5.70.